The highest BCUT2D eigenvalue weighted by Crippen LogP contribution is 2.34. The van der Waals surface area contributed by atoms with Crippen LogP contribution in [0.4, 0.5) is 0 Å². The van der Waals surface area contributed by atoms with E-state index in [1.807, 2.05) is 0 Å². The molecule has 160 valence electrons. The van der Waals surface area contributed by atoms with Gasteiger partial charge in [0.25, 0.3) is 0 Å². The lowest BCUT2D eigenvalue weighted by atomic mass is 9.71. The molecule has 0 aromatic rings. The standard InChI is InChI=1S/C11H24.2C4H10.2C3H8/c1-8(2)9(3)10(4)11(5,6)7;2*1-4(2)3;2*1-3-2/h8-10H,1-7H3;2*4H,1-3H3;2*3H2,1-2H3. The Balaban J connectivity index is -0.0000000788. The lowest BCUT2D eigenvalue weighted by Crippen LogP contribution is -2.26. The first kappa shape index (κ1) is 36.0. The Labute approximate surface area is 166 Å². The summed E-state index contributed by atoms with van der Waals surface area (Å²) in [6.45, 7) is 37.8. The minimum absolute atomic E-state index is 0.462. The molecule has 0 saturated carbocycles. The maximum atomic E-state index is 2.37. The largest absolute Gasteiger partial charge is 0.0656 e. The van der Waals surface area contributed by atoms with Crippen LogP contribution < -0.4 is 0 Å². The zero-order valence-electron chi connectivity index (χ0n) is 21.8. The molecule has 0 aromatic carbocycles. The van der Waals surface area contributed by atoms with Gasteiger partial charge in [0, 0.05) is 0 Å². The van der Waals surface area contributed by atoms with E-state index in [1.165, 1.54) is 12.8 Å². The molecule has 0 radical (unpaired) electrons. The van der Waals surface area contributed by atoms with Gasteiger partial charge in [0.15, 0.2) is 0 Å². The van der Waals surface area contributed by atoms with Gasteiger partial charge < -0.3 is 0 Å². The third-order valence-electron chi connectivity index (χ3n) is 3.21. The van der Waals surface area contributed by atoms with Gasteiger partial charge in [-0.15, -0.1) is 0 Å². The van der Waals surface area contributed by atoms with Gasteiger partial charge in [0.05, 0.1) is 0 Å². The van der Waals surface area contributed by atoms with Crippen molar-refractivity contribution in [2.75, 3.05) is 0 Å². The second kappa shape index (κ2) is 24.0. The van der Waals surface area contributed by atoms with Crippen LogP contribution in [0.25, 0.3) is 0 Å². The fourth-order valence-corrected chi connectivity index (χ4v) is 1.37. The molecule has 0 aliphatic rings. The van der Waals surface area contributed by atoms with Crippen LogP contribution in [-0.2, 0) is 0 Å². The summed E-state index contributed by atoms with van der Waals surface area (Å²) in [6, 6.07) is 0. The number of hydrogen-bond acceptors (Lipinski definition) is 0. The minimum atomic E-state index is 0.462. The Hall–Kier alpha value is 0. The molecule has 0 fully saturated rings. The van der Waals surface area contributed by atoms with E-state index in [0.29, 0.717) is 5.41 Å². The van der Waals surface area contributed by atoms with Crippen LogP contribution in [-0.4, -0.2) is 0 Å². The zero-order valence-corrected chi connectivity index (χ0v) is 21.8. The summed E-state index contributed by atoms with van der Waals surface area (Å²) >= 11 is 0. The Morgan fingerprint density at radius 2 is 0.680 bits per heavy atom. The van der Waals surface area contributed by atoms with E-state index in [0.717, 1.165) is 29.6 Å². The van der Waals surface area contributed by atoms with Crippen molar-refractivity contribution in [1.29, 1.82) is 0 Å². The summed E-state index contributed by atoms with van der Waals surface area (Å²) in [5, 5.41) is 0. The monoisotopic (exact) mass is 360 g/mol. The smallest absolute Gasteiger partial charge is 0.0354 e. The maximum absolute atomic E-state index is 2.37. The molecule has 0 aliphatic carbocycles. The normalized spacial score (nSPS) is 12.5. The van der Waals surface area contributed by atoms with Crippen LogP contribution in [0.15, 0.2) is 0 Å². The van der Waals surface area contributed by atoms with Crippen LogP contribution in [0.1, 0.15) is 131 Å². The highest BCUT2D eigenvalue weighted by molar-refractivity contribution is 4.76. The Bertz CT molecular complexity index is 179. The molecule has 2 atom stereocenters. The van der Waals surface area contributed by atoms with Crippen molar-refractivity contribution in [3.05, 3.63) is 0 Å². The molecule has 0 N–H and O–H groups in total. The molecule has 0 nitrogen and oxygen atoms in total. The predicted molar refractivity (Wildman–Crippen MR) is 126 cm³/mol. The second-order valence-electron chi connectivity index (χ2n) is 10.1. The van der Waals surface area contributed by atoms with Crippen LogP contribution in [0.3, 0.4) is 0 Å². The lowest BCUT2D eigenvalue weighted by molar-refractivity contribution is 0.152. The second-order valence-corrected chi connectivity index (χ2v) is 10.1. The summed E-state index contributed by atoms with van der Waals surface area (Å²) in [5.74, 6) is 4.11. The van der Waals surface area contributed by atoms with E-state index >= 15 is 0 Å². The molecule has 0 aliphatic heterocycles. The van der Waals surface area contributed by atoms with Crippen molar-refractivity contribution in [2.24, 2.45) is 35.0 Å². The third kappa shape index (κ3) is 59.3. The molecule has 0 aromatic heterocycles. The van der Waals surface area contributed by atoms with E-state index in [1.54, 1.807) is 0 Å². The Morgan fingerprint density at radius 3 is 0.720 bits per heavy atom. The quantitative estimate of drug-likeness (QED) is 0.459. The average Bonchev–Trinajstić information content (AvgIpc) is 2.36. The van der Waals surface area contributed by atoms with Crippen molar-refractivity contribution in [1.82, 2.24) is 0 Å². The number of hydrogen-bond donors (Lipinski definition) is 0. The number of rotatable bonds is 2. The third-order valence-corrected chi connectivity index (χ3v) is 3.21. The summed E-state index contributed by atoms with van der Waals surface area (Å²) in [4.78, 5) is 0. The van der Waals surface area contributed by atoms with Gasteiger partial charge in [-0.25, -0.2) is 0 Å². The van der Waals surface area contributed by atoms with E-state index in [2.05, 4.69) is 118 Å². The lowest BCUT2D eigenvalue weighted by Gasteiger charge is -2.34. The SMILES string of the molecule is CC(C)C.CC(C)C.CC(C)C(C)C(C)C(C)(C)C.CCC.CCC. The molecule has 0 rings (SSSR count). The minimum Gasteiger partial charge on any atom is -0.0656 e. The molecular weight excluding hydrogens is 300 g/mol. The van der Waals surface area contributed by atoms with Crippen molar-refractivity contribution >= 4 is 0 Å². The molecule has 0 bridgehead atoms. The summed E-state index contributed by atoms with van der Waals surface area (Å²) in [7, 11) is 0. The average molecular weight is 361 g/mol. The zero-order chi connectivity index (χ0) is 21.8. The first-order chi connectivity index (χ1) is 11.1. The maximum Gasteiger partial charge on any atom is -0.0354 e. The summed E-state index contributed by atoms with van der Waals surface area (Å²) in [5.41, 5.74) is 0.462. The Kier molecular flexibility index (Phi) is 34.6. The molecule has 0 amide bonds. The highest BCUT2D eigenvalue weighted by Gasteiger charge is 2.26. The van der Waals surface area contributed by atoms with E-state index in [9.17, 15) is 0 Å². The molecular formula is C25H60. The van der Waals surface area contributed by atoms with Gasteiger partial charge in [-0.1, -0.05) is 131 Å². The fourth-order valence-electron chi connectivity index (χ4n) is 1.37. The molecule has 25 heavy (non-hydrogen) atoms. The first-order valence-corrected chi connectivity index (χ1v) is 11.1. The van der Waals surface area contributed by atoms with E-state index in [-0.39, 0.29) is 0 Å². The molecule has 0 saturated heterocycles. The van der Waals surface area contributed by atoms with Crippen LogP contribution >= 0.6 is 0 Å². The first-order valence-electron chi connectivity index (χ1n) is 11.1. The van der Waals surface area contributed by atoms with Gasteiger partial charge in [-0.05, 0) is 35.0 Å². The van der Waals surface area contributed by atoms with Crippen molar-refractivity contribution in [2.45, 2.75) is 131 Å². The summed E-state index contributed by atoms with van der Waals surface area (Å²) < 4.78 is 0. The topological polar surface area (TPSA) is 0 Å². The van der Waals surface area contributed by atoms with E-state index in [4.69, 9.17) is 0 Å². The van der Waals surface area contributed by atoms with Gasteiger partial charge in [-0.3, -0.25) is 0 Å². The van der Waals surface area contributed by atoms with Gasteiger partial charge in [0.1, 0.15) is 0 Å². The highest BCUT2D eigenvalue weighted by atomic mass is 14.3. The summed E-state index contributed by atoms with van der Waals surface area (Å²) in [6.07, 6.45) is 2.50. The van der Waals surface area contributed by atoms with Gasteiger partial charge in [0.2, 0.25) is 0 Å². The molecule has 0 heterocycles. The van der Waals surface area contributed by atoms with Gasteiger partial charge in [-0.2, -0.15) is 0 Å². The van der Waals surface area contributed by atoms with Crippen LogP contribution in [0, 0.1) is 35.0 Å². The van der Waals surface area contributed by atoms with Crippen LogP contribution in [0.2, 0.25) is 0 Å². The van der Waals surface area contributed by atoms with Gasteiger partial charge >= 0.3 is 0 Å². The Morgan fingerprint density at radius 1 is 0.520 bits per heavy atom. The van der Waals surface area contributed by atoms with Crippen LogP contribution in [0.5, 0.6) is 0 Å². The van der Waals surface area contributed by atoms with E-state index < -0.39 is 0 Å². The molecule has 0 spiro atoms. The van der Waals surface area contributed by atoms with Crippen molar-refractivity contribution in [3.8, 4) is 0 Å². The fraction of sp³-hybridized carbons (Fsp3) is 1.00. The molecule has 0 heteroatoms. The predicted octanol–water partition coefficient (Wildman–Crippen LogP) is 10.1. The molecule has 2 unspecified atom stereocenters. The van der Waals surface area contributed by atoms with Crippen molar-refractivity contribution in [3.63, 3.8) is 0 Å². The van der Waals surface area contributed by atoms with Crippen molar-refractivity contribution < 1.29 is 0 Å².